The van der Waals surface area contributed by atoms with Crippen LogP contribution in [0, 0.1) is 0 Å². The van der Waals surface area contributed by atoms with E-state index in [9.17, 15) is 10.2 Å². The van der Waals surface area contributed by atoms with Gasteiger partial charge < -0.3 is 14.9 Å². The second-order valence-corrected chi connectivity index (χ2v) is 4.75. The van der Waals surface area contributed by atoms with Gasteiger partial charge in [-0.3, -0.25) is 0 Å². The summed E-state index contributed by atoms with van der Waals surface area (Å²) in [4.78, 5) is 0. The monoisotopic (exact) mass is 286 g/mol. The highest BCUT2D eigenvalue weighted by Gasteiger charge is 2.20. The van der Waals surface area contributed by atoms with Gasteiger partial charge >= 0.3 is 0 Å². The second kappa shape index (κ2) is 5.17. The summed E-state index contributed by atoms with van der Waals surface area (Å²) in [5.74, 6) is 0.894. The van der Waals surface area contributed by atoms with Gasteiger partial charge in [-0.25, -0.2) is 0 Å². The van der Waals surface area contributed by atoms with E-state index < -0.39 is 12.2 Å². The minimum Gasteiger partial charge on any atom is -0.493 e. The van der Waals surface area contributed by atoms with E-state index in [2.05, 4.69) is 15.9 Å². The number of hydrogen-bond donors (Lipinski definition) is 2. The van der Waals surface area contributed by atoms with E-state index in [0.29, 0.717) is 18.4 Å². The molecule has 1 aromatic carbocycles. The Kier molecular flexibility index (Phi) is 3.84. The number of aliphatic hydroxyl groups is 2. The fourth-order valence-electron chi connectivity index (χ4n) is 1.88. The van der Waals surface area contributed by atoms with Crippen molar-refractivity contribution in [3.63, 3.8) is 0 Å². The van der Waals surface area contributed by atoms with Gasteiger partial charge in [0.1, 0.15) is 11.9 Å². The Balaban J connectivity index is 2.14. The fourth-order valence-corrected chi connectivity index (χ4v) is 2.35. The quantitative estimate of drug-likeness (QED) is 0.830. The SMILES string of the molecule is OC(CCBr)C(O)c1ccc2c(c1)CCO2. The predicted octanol–water partition coefficient (Wildman–Crippen LogP) is 1.80. The van der Waals surface area contributed by atoms with Crippen molar-refractivity contribution in [2.75, 3.05) is 11.9 Å². The van der Waals surface area contributed by atoms with Crippen LogP contribution in [0.3, 0.4) is 0 Å². The minimum atomic E-state index is -0.816. The van der Waals surface area contributed by atoms with Crippen molar-refractivity contribution in [3.05, 3.63) is 29.3 Å². The van der Waals surface area contributed by atoms with E-state index in [1.54, 1.807) is 0 Å². The maximum absolute atomic E-state index is 9.94. The molecule has 2 rings (SSSR count). The Morgan fingerprint density at radius 3 is 2.94 bits per heavy atom. The molecule has 1 aromatic rings. The van der Waals surface area contributed by atoms with Crippen LogP contribution in [0.4, 0.5) is 0 Å². The molecule has 2 unspecified atom stereocenters. The van der Waals surface area contributed by atoms with Gasteiger partial charge in [0.15, 0.2) is 0 Å². The number of fused-ring (bicyclic) bond motifs is 1. The van der Waals surface area contributed by atoms with E-state index in [0.717, 1.165) is 23.3 Å². The lowest BCUT2D eigenvalue weighted by Crippen LogP contribution is -2.18. The first kappa shape index (κ1) is 11.9. The topological polar surface area (TPSA) is 49.7 Å². The van der Waals surface area contributed by atoms with E-state index in [-0.39, 0.29) is 0 Å². The summed E-state index contributed by atoms with van der Waals surface area (Å²) < 4.78 is 5.39. The van der Waals surface area contributed by atoms with Crippen LogP contribution >= 0.6 is 15.9 Å². The third kappa shape index (κ3) is 2.39. The first-order valence-corrected chi connectivity index (χ1v) is 6.52. The van der Waals surface area contributed by atoms with Gasteiger partial charge in [-0.15, -0.1) is 0 Å². The fraction of sp³-hybridized carbons (Fsp3) is 0.500. The summed E-state index contributed by atoms with van der Waals surface area (Å²) in [6, 6.07) is 5.60. The average molecular weight is 287 g/mol. The lowest BCUT2D eigenvalue weighted by atomic mass is 10.00. The van der Waals surface area contributed by atoms with Gasteiger partial charge in [-0.2, -0.15) is 0 Å². The highest BCUT2D eigenvalue weighted by Crippen LogP contribution is 2.29. The van der Waals surface area contributed by atoms with Crippen molar-refractivity contribution >= 4 is 15.9 Å². The first-order chi connectivity index (χ1) is 7.72. The van der Waals surface area contributed by atoms with E-state index >= 15 is 0 Å². The Bertz CT molecular complexity index is 367. The normalized spacial score (nSPS) is 17.7. The Hall–Kier alpha value is -0.580. The zero-order valence-electron chi connectivity index (χ0n) is 8.90. The molecule has 4 heteroatoms. The Labute approximate surface area is 103 Å². The number of alkyl halides is 1. The molecule has 1 aliphatic rings. The molecule has 3 nitrogen and oxygen atoms in total. The third-order valence-corrected chi connectivity index (χ3v) is 3.28. The summed E-state index contributed by atoms with van der Waals surface area (Å²) in [5, 5.41) is 20.3. The number of ether oxygens (including phenoxy) is 1. The van der Waals surface area contributed by atoms with E-state index in [4.69, 9.17) is 4.74 Å². The maximum Gasteiger partial charge on any atom is 0.122 e. The Morgan fingerprint density at radius 2 is 2.19 bits per heavy atom. The highest BCUT2D eigenvalue weighted by molar-refractivity contribution is 9.09. The third-order valence-electron chi connectivity index (χ3n) is 2.82. The summed E-state index contributed by atoms with van der Waals surface area (Å²) in [5.41, 5.74) is 1.88. The van der Waals surface area contributed by atoms with Gasteiger partial charge in [0.25, 0.3) is 0 Å². The van der Waals surface area contributed by atoms with Gasteiger partial charge in [0.2, 0.25) is 0 Å². The molecule has 0 saturated heterocycles. The van der Waals surface area contributed by atoms with Crippen molar-refractivity contribution < 1.29 is 14.9 Å². The molecular weight excluding hydrogens is 272 g/mol. The van der Waals surface area contributed by atoms with Crippen molar-refractivity contribution in [2.45, 2.75) is 25.0 Å². The average Bonchev–Trinajstić information content (AvgIpc) is 2.75. The van der Waals surface area contributed by atoms with Crippen molar-refractivity contribution in [1.82, 2.24) is 0 Å². The molecule has 0 bridgehead atoms. The Morgan fingerprint density at radius 1 is 1.38 bits per heavy atom. The molecule has 0 aliphatic carbocycles. The van der Waals surface area contributed by atoms with Gasteiger partial charge in [-0.1, -0.05) is 22.0 Å². The van der Waals surface area contributed by atoms with E-state index in [1.807, 2.05) is 18.2 Å². The standard InChI is InChI=1S/C12H15BrO3/c13-5-3-10(14)12(15)9-1-2-11-8(7-9)4-6-16-11/h1-2,7,10,12,14-15H,3-6H2. The summed E-state index contributed by atoms with van der Waals surface area (Å²) in [6.07, 6.45) is -0.123. The molecule has 2 atom stereocenters. The van der Waals surface area contributed by atoms with E-state index in [1.165, 1.54) is 0 Å². The summed E-state index contributed by atoms with van der Waals surface area (Å²) >= 11 is 3.25. The number of benzene rings is 1. The molecular formula is C12H15BrO3. The largest absolute Gasteiger partial charge is 0.493 e. The van der Waals surface area contributed by atoms with Crippen molar-refractivity contribution in [1.29, 1.82) is 0 Å². The van der Waals surface area contributed by atoms with Gasteiger partial charge in [0.05, 0.1) is 12.7 Å². The van der Waals surface area contributed by atoms with Crippen LogP contribution in [0.25, 0.3) is 0 Å². The smallest absolute Gasteiger partial charge is 0.122 e. The van der Waals surface area contributed by atoms with Gasteiger partial charge in [0, 0.05) is 11.8 Å². The minimum absolute atomic E-state index is 0.536. The molecule has 1 aliphatic heterocycles. The lowest BCUT2D eigenvalue weighted by Gasteiger charge is -2.17. The molecule has 0 saturated carbocycles. The van der Waals surface area contributed by atoms with Crippen molar-refractivity contribution in [2.24, 2.45) is 0 Å². The van der Waals surface area contributed by atoms with Crippen LogP contribution in [0.1, 0.15) is 23.7 Å². The summed E-state index contributed by atoms with van der Waals surface area (Å²) in [6.45, 7) is 0.707. The zero-order valence-corrected chi connectivity index (χ0v) is 10.5. The lowest BCUT2D eigenvalue weighted by molar-refractivity contribution is 0.0173. The van der Waals surface area contributed by atoms with Crippen LogP contribution in [0.5, 0.6) is 5.75 Å². The highest BCUT2D eigenvalue weighted by atomic mass is 79.9. The van der Waals surface area contributed by atoms with Gasteiger partial charge in [-0.05, 0) is 29.7 Å². The summed E-state index contributed by atoms with van der Waals surface area (Å²) in [7, 11) is 0. The molecule has 2 N–H and O–H groups in total. The second-order valence-electron chi connectivity index (χ2n) is 3.96. The molecule has 0 radical (unpaired) electrons. The van der Waals surface area contributed by atoms with Crippen LogP contribution in [-0.4, -0.2) is 28.3 Å². The molecule has 0 spiro atoms. The van der Waals surface area contributed by atoms with Crippen molar-refractivity contribution in [3.8, 4) is 5.75 Å². The van der Waals surface area contributed by atoms with Crippen LogP contribution < -0.4 is 4.74 Å². The molecule has 88 valence electrons. The maximum atomic E-state index is 9.94. The molecule has 16 heavy (non-hydrogen) atoms. The number of halogens is 1. The predicted molar refractivity (Wildman–Crippen MR) is 65.0 cm³/mol. The molecule has 0 aromatic heterocycles. The molecule has 0 fully saturated rings. The number of rotatable bonds is 4. The zero-order chi connectivity index (χ0) is 11.5. The molecule has 0 amide bonds. The number of hydrogen-bond acceptors (Lipinski definition) is 3. The molecule has 1 heterocycles. The van der Waals surface area contributed by atoms with Crippen LogP contribution in [0.2, 0.25) is 0 Å². The number of aliphatic hydroxyl groups excluding tert-OH is 2. The van der Waals surface area contributed by atoms with Crippen LogP contribution in [0.15, 0.2) is 18.2 Å². The van der Waals surface area contributed by atoms with Crippen LogP contribution in [-0.2, 0) is 6.42 Å². The first-order valence-electron chi connectivity index (χ1n) is 5.40.